The van der Waals surface area contributed by atoms with E-state index in [4.69, 9.17) is 9.47 Å². The number of aromatic nitrogens is 1. The molecule has 2 heterocycles. The van der Waals surface area contributed by atoms with Gasteiger partial charge in [-0.15, -0.1) is 11.3 Å². The number of hydrogen-bond donors (Lipinski definition) is 1. The minimum absolute atomic E-state index is 0.0678. The van der Waals surface area contributed by atoms with E-state index in [0.717, 1.165) is 12.8 Å². The van der Waals surface area contributed by atoms with Crippen molar-refractivity contribution in [3.63, 3.8) is 0 Å². The summed E-state index contributed by atoms with van der Waals surface area (Å²) in [6.07, 6.45) is 3.40. The fraction of sp³-hybridized carbons (Fsp3) is 0.231. The number of rotatable bonds is 8. The Balaban J connectivity index is 1.81. The van der Waals surface area contributed by atoms with Crippen LogP contribution in [-0.2, 0) is 14.3 Å². The lowest BCUT2D eigenvalue weighted by Gasteiger charge is -2.23. The highest BCUT2D eigenvalue weighted by Crippen LogP contribution is 2.43. The first-order valence-electron chi connectivity index (χ1n) is 11.1. The number of anilines is 1. The SMILES string of the molecule is CCCCOc1cccc(C(O)=C2C(=O)C(=O)N(c3nccs3)C2c2ccc(C(=O)OC)cc2)c1. The average Bonchev–Trinajstić information content (AvgIpc) is 3.50. The van der Waals surface area contributed by atoms with Gasteiger partial charge in [-0.05, 0) is 36.2 Å². The Bertz CT molecular complexity index is 1270. The second kappa shape index (κ2) is 10.5. The van der Waals surface area contributed by atoms with Crippen LogP contribution in [-0.4, -0.2) is 41.5 Å². The van der Waals surface area contributed by atoms with Gasteiger partial charge < -0.3 is 14.6 Å². The molecule has 1 fully saturated rings. The molecule has 1 saturated heterocycles. The molecule has 9 heteroatoms. The predicted octanol–water partition coefficient (Wildman–Crippen LogP) is 4.73. The van der Waals surface area contributed by atoms with Gasteiger partial charge in [-0.1, -0.05) is 37.6 Å². The van der Waals surface area contributed by atoms with Crippen molar-refractivity contribution in [3.05, 3.63) is 82.4 Å². The maximum Gasteiger partial charge on any atom is 0.337 e. The molecule has 0 bridgehead atoms. The first kappa shape index (κ1) is 24.2. The molecular formula is C26H24N2O6S. The largest absolute Gasteiger partial charge is 0.507 e. The van der Waals surface area contributed by atoms with Crippen molar-refractivity contribution in [2.75, 3.05) is 18.6 Å². The van der Waals surface area contributed by atoms with Crippen LogP contribution in [0.1, 0.15) is 47.3 Å². The number of carbonyl (C=O) groups excluding carboxylic acids is 3. The van der Waals surface area contributed by atoms with Crippen molar-refractivity contribution >= 4 is 39.9 Å². The van der Waals surface area contributed by atoms with E-state index in [1.54, 1.807) is 53.9 Å². The minimum Gasteiger partial charge on any atom is -0.507 e. The number of ketones is 1. The van der Waals surface area contributed by atoms with Crippen LogP contribution in [0.25, 0.3) is 5.76 Å². The number of aliphatic hydroxyl groups is 1. The van der Waals surface area contributed by atoms with Crippen molar-refractivity contribution in [1.82, 2.24) is 4.98 Å². The van der Waals surface area contributed by atoms with Crippen molar-refractivity contribution in [1.29, 1.82) is 0 Å². The van der Waals surface area contributed by atoms with Gasteiger partial charge in [0.25, 0.3) is 5.78 Å². The first-order valence-corrected chi connectivity index (χ1v) is 12.0. The van der Waals surface area contributed by atoms with Crippen molar-refractivity contribution in [2.45, 2.75) is 25.8 Å². The van der Waals surface area contributed by atoms with Gasteiger partial charge in [0.2, 0.25) is 0 Å². The smallest absolute Gasteiger partial charge is 0.337 e. The Kier molecular flexibility index (Phi) is 7.26. The van der Waals surface area contributed by atoms with E-state index in [2.05, 4.69) is 11.9 Å². The molecule has 1 amide bonds. The third-order valence-corrected chi connectivity index (χ3v) is 6.36. The van der Waals surface area contributed by atoms with E-state index in [0.29, 0.717) is 34.2 Å². The highest BCUT2D eigenvalue weighted by Gasteiger charge is 2.48. The number of thiazole rings is 1. The standard InChI is InChI=1S/C26H24N2O6S/c1-3-4-13-34-19-7-5-6-18(15-19)22(29)20-21(16-8-10-17(11-9-16)25(32)33-2)28(24(31)23(20)30)26-27-12-14-35-26/h5-12,14-15,21,29H,3-4,13H2,1-2H3. The molecular weight excluding hydrogens is 468 g/mol. The van der Waals surface area contributed by atoms with Gasteiger partial charge in [-0.25, -0.2) is 9.78 Å². The molecule has 1 atom stereocenters. The third-order valence-electron chi connectivity index (χ3n) is 5.59. The number of esters is 1. The van der Waals surface area contributed by atoms with E-state index in [-0.39, 0.29) is 11.3 Å². The Hall–Kier alpha value is -3.98. The third kappa shape index (κ3) is 4.81. The number of amides is 1. The van der Waals surface area contributed by atoms with Crippen LogP contribution in [0.3, 0.4) is 0 Å². The fourth-order valence-corrected chi connectivity index (χ4v) is 4.49. The number of carbonyl (C=O) groups is 3. The van der Waals surface area contributed by atoms with E-state index in [1.807, 2.05) is 0 Å². The van der Waals surface area contributed by atoms with E-state index < -0.39 is 23.7 Å². The zero-order chi connectivity index (χ0) is 24.9. The average molecular weight is 493 g/mol. The molecule has 1 aliphatic rings. The van der Waals surface area contributed by atoms with Gasteiger partial charge in [0.05, 0.1) is 30.9 Å². The van der Waals surface area contributed by atoms with Gasteiger partial charge >= 0.3 is 11.9 Å². The monoisotopic (exact) mass is 492 g/mol. The number of benzene rings is 2. The first-order chi connectivity index (χ1) is 17.0. The number of ether oxygens (including phenoxy) is 2. The van der Waals surface area contributed by atoms with Crippen LogP contribution in [0.5, 0.6) is 5.75 Å². The summed E-state index contributed by atoms with van der Waals surface area (Å²) in [5, 5.41) is 13.3. The Morgan fingerprint density at radius 2 is 1.91 bits per heavy atom. The van der Waals surface area contributed by atoms with Crippen molar-refractivity contribution in [3.8, 4) is 5.75 Å². The summed E-state index contributed by atoms with van der Waals surface area (Å²) in [7, 11) is 1.29. The quantitative estimate of drug-likeness (QED) is 0.159. The van der Waals surface area contributed by atoms with Crippen LogP contribution in [0, 0.1) is 0 Å². The van der Waals surface area contributed by atoms with Crippen molar-refractivity contribution < 1.29 is 29.0 Å². The molecule has 1 N–H and O–H groups in total. The number of hydrogen-bond acceptors (Lipinski definition) is 8. The highest BCUT2D eigenvalue weighted by atomic mass is 32.1. The summed E-state index contributed by atoms with van der Waals surface area (Å²) in [5.41, 5.74) is 1.14. The van der Waals surface area contributed by atoms with Gasteiger partial charge in [-0.2, -0.15) is 0 Å². The van der Waals surface area contributed by atoms with Crippen molar-refractivity contribution in [2.24, 2.45) is 0 Å². The lowest BCUT2D eigenvalue weighted by atomic mass is 9.94. The summed E-state index contributed by atoms with van der Waals surface area (Å²) >= 11 is 1.20. The van der Waals surface area contributed by atoms with Crippen LogP contribution in [0.4, 0.5) is 5.13 Å². The molecule has 0 spiro atoms. The fourth-order valence-electron chi connectivity index (χ4n) is 3.82. The zero-order valence-electron chi connectivity index (χ0n) is 19.3. The summed E-state index contributed by atoms with van der Waals surface area (Å²) in [6.45, 7) is 2.59. The summed E-state index contributed by atoms with van der Waals surface area (Å²) < 4.78 is 10.5. The van der Waals surface area contributed by atoms with Gasteiger partial charge in [0.15, 0.2) is 5.13 Å². The number of methoxy groups -OCH3 is 1. The van der Waals surface area contributed by atoms with Gasteiger partial charge in [-0.3, -0.25) is 14.5 Å². The number of unbranched alkanes of at least 4 members (excludes halogenated alkanes) is 1. The Labute approximate surface area is 206 Å². The molecule has 1 aromatic heterocycles. The lowest BCUT2D eigenvalue weighted by Crippen LogP contribution is -2.29. The lowest BCUT2D eigenvalue weighted by molar-refractivity contribution is -0.132. The molecule has 0 aliphatic carbocycles. The zero-order valence-corrected chi connectivity index (χ0v) is 20.1. The minimum atomic E-state index is -0.933. The van der Waals surface area contributed by atoms with E-state index >= 15 is 0 Å². The van der Waals surface area contributed by atoms with Gasteiger partial charge in [0.1, 0.15) is 11.5 Å². The summed E-state index contributed by atoms with van der Waals surface area (Å²) in [4.78, 5) is 43.6. The maximum atomic E-state index is 13.2. The van der Waals surface area contributed by atoms with Gasteiger partial charge in [0, 0.05) is 17.1 Å². The van der Waals surface area contributed by atoms with Crippen LogP contribution in [0.15, 0.2) is 65.7 Å². The summed E-state index contributed by atoms with van der Waals surface area (Å²) in [6, 6.07) is 12.2. The molecule has 0 saturated carbocycles. The Morgan fingerprint density at radius 3 is 2.57 bits per heavy atom. The van der Waals surface area contributed by atoms with Crippen LogP contribution < -0.4 is 9.64 Å². The summed E-state index contributed by atoms with van der Waals surface area (Å²) in [5.74, 6) is -1.89. The molecule has 1 aliphatic heterocycles. The second-order valence-corrected chi connectivity index (χ2v) is 8.70. The molecule has 8 nitrogen and oxygen atoms in total. The molecule has 35 heavy (non-hydrogen) atoms. The molecule has 4 rings (SSSR count). The normalized spacial score (nSPS) is 17.0. The number of aliphatic hydroxyl groups excluding tert-OH is 1. The van der Waals surface area contributed by atoms with E-state index in [9.17, 15) is 19.5 Å². The van der Waals surface area contributed by atoms with Crippen LogP contribution >= 0.6 is 11.3 Å². The predicted molar refractivity (Wildman–Crippen MR) is 132 cm³/mol. The maximum absolute atomic E-state index is 13.2. The molecule has 1 unspecified atom stereocenters. The van der Waals surface area contributed by atoms with E-state index in [1.165, 1.54) is 29.5 Å². The second-order valence-electron chi connectivity index (χ2n) is 7.83. The molecule has 3 aromatic rings. The molecule has 180 valence electrons. The number of nitrogens with zero attached hydrogens (tertiary/aromatic N) is 2. The van der Waals surface area contributed by atoms with Crippen LogP contribution in [0.2, 0.25) is 0 Å². The number of Topliss-reactive ketones (excluding diaryl/α,β-unsaturated/α-hetero) is 1. The molecule has 0 radical (unpaired) electrons. The Morgan fingerprint density at radius 1 is 1.14 bits per heavy atom. The highest BCUT2D eigenvalue weighted by molar-refractivity contribution is 7.14. The topological polar surface area (TPSA) is 106 Å². The molecule has 2 aromatic carbocycles.